The second-order valence-corrected chi connectivity index (χ2v) is 8.76. The highest BCUT2D eigenvalue weighted by atomic mass is 32.1. The lowest BCUT2D eigenvalue weighted by Crippen LogP contribution is -2.24. The van der Waals surface area contributed by atoms with Gasteiger partial charge in [-0.3, -0.25) is 14.0 Å². The highest BCUT2D eigenvalue weighted by Crippen LogP contribution is 2.34. The number of aryl methyl sites for hydroxylation is 2. The number of aromatic nitrogens is 4. The van der Waals surface area contributed by atoms with Crippen molar-refractivity contribution in [2.75, 3.05) is 5.32 Å². The summed E-state index contributed by atoms with van der Waals surface area (Å²) in [5, 5.41) is 8.29. The summed E-state index contributed by atoms with van der Waals surface area (Å²) in [6.45, 7) is 4.47. The molecule has 1 aliphatic rings. The maximum Gasteiger partial charge on any atom is 0.264 e. The third-order valence-electron chi connectivity index (χ3n) is 5.57. The Balaban J connectivity index is 1.49. The van der Waals surface area contributed by atoms with Gasteiger partial charge in [0.2, 0.25) is 5.95 Å². The summed E-state index contributed by atoms with van der Waals surface area (Å²) >= 11 is 1.62. The molecule has 1 aliphatic carbocycles. The molecule has 31 heavy (non-hydrogen) atoms. The summed E-state index contributed by atoms with van der Waals surface area (Å²) < 4.78 is 17.2. The average Bonchev–Trinajstić information content (AvgIpc) is 3.36. The Hall–Kier alpha value is -3.26. The van der Waals surface area contributed by atoms with Gasteiger partial charge in [-0.05, 0) is 37.3 Å². The predicted molar refractivity (Wildman–Crippen MR) is 122 cm³/mol. The van der Waals surface area contributed by atoms with Crippen LogP contribution in [0.3, 0.4) is 0 Å². The molecule has 3 heterocycles. The first kappa shape index (κ1) is 19.7. The molecule has 0 radical (unpaired) electrons. The fraction of sp³-hybridized carbons (Fsp3) is 0.261. The van der Waals surface area contributed by atoms with Gasteiger partial charge in [0.25, 0.3) is 5.56 Å². The number of hydrogen-bond acceptors (Lipinski definition) is 5. The zero-order valence-electron chi connectivity index (χ0n) is 17.0. The molecular formula is C23H22FN5OS. The fourth-order valence-corrected chi connectivity index (χ4v) is 5.33. The Morgan fingerprint density at radius 2 is 2.10 bits per heavy atom. The molecule has 3 aromatic heterocycles. The quantitative estimate of drug-likeness (QED) is 0.448. The Kier molecular flexibility index (Phi) is 5.15. The van der Waals surface area contributed by atoms with Crippen molar-refractivity contribution in [3.8, 4) is 0 Å². The highest BCUT2D eigenvalue weighted by Gasteiger charge is 2.22. The molecular weight excluding hydrogens is 413 g/mol. The minimum Gasteiger partial charge on any atom is -0.323 e. The highest BCUT2D eigenvalue weighted by molar-refractivity contribution is 7.18. The summed E-state index contributed by atoms with van der Waals surface area (Å²) in [5.41, 5.74) is 2.38. The summed E-state index contributed by atoms with van der Waals surface area (Å²) in [7, 11) is 0. The van der Waals surface area contributed by atoms with E-state index in [1.165, 1.54) is 16.5 Å². The fourth-order valence-electron chi connectivity index (χ4n) is 4.08. The molecule has 5 rings (SSSR count). The van der Waals surface area contributed by atoms with E-state index < -0.39 is 0 Å². The van der Waals surface area contributed by atoms with Gasteiger partial charge in [-0.15, -0.1) is 17.9 Å². The van der Waals surface area contributed by atoms with Crippen molar-refractivity contribution < 1.29 is 4.39 Å². The van der Waals surface area contributed by atoms with Crippen LogP contribution >= 0.6 is 11.3 Å². The summed E-state index contributed by atoms with van der Waals surface area (Å²) in [4.78, 5) is 20.2. The van der Waals surface area contributed by atoms with Gasteiger partial charge in [0.1, 0.15) is 10.6 Å². The minimum atomic E-state index is -0.263. The van der Waals surface area contributed by atoms with Crippen molar-refractivity contribution in [2.45, 2.75) is 38.8 Å². The SMILES string of the molecule is C=CCn1c(Nc2cnn(Cc3ccccc3F)c2)nc2sc3c(c2c1=O)CCCC3. The molecule has 0 aliphatic heterocycles. The maximum absolute atomic E-state index is 13.9. The number of halogens is 1. The van der Waals surface area contributed by atoms with Gasteiger partial charge in [-0.25, -0.2) is 9.37 Å². The molecule has 0 amide bonds. The number of thiophene rings is 1. The monoisotopic (exact) mass is 435 g/mol. The lowest BCUT2D eigenvalue weighted by atomic mass is 9.97. The van der Waals surface area contributed by atoms with E-state index in [0.29, 0.717) is 30.3 Å². The summed E-state index contributed by atoms with van der Waals surface area (Å²) in [5.74, 6) is 0.197. The number of nitrogens with zero attached hydrogens (tertiary/aromatic N) is 4. The Bertz CT molecular complexity index is 1340. The number of fused-ring (bicyclic) bond motifs is 3. The second-order valence-electron chi connectivity index (χ2n) is 7.67. The van der Waals surface area contributed by atoms with Gasteiger partial charge in [0, 0.05) is 23.2 Å². The summed E-state index contributed by atoms with van der Waals surface area (Å²) in [6, 6.07) is 6.64. The van der Waals surface area contributed by atoms with Gasteiger partial charge >= 0.3 is 0 Å². The normalized spacial score (nSPS) is 13.3. The predicted octanol–water partition coefficient (Wildman–Crippen LogP) is 4.65. The number of anilines is 2. The van der Waals surface area contributed by atoms with Crippen LogP contribution in [0.2, 0.25) is 0 Å². The molecule has 1 aromatic carbocycles. The van der Waals surface area contributed by atoms with Gasteiger partial charge < -0.3 is 5.32 Å². The summed E-state index contributed by atoms with van der Waals surface area (Å²) in [6.07, 6.45) is 9.35. The Morgan fingerprint density at radius 1 is 1.26 bits per heavy atom. The lowest BCUT2D eigenvalue weighted by Gasteiger charge is -2.13. The van der Waals surface area contributed by atoms with Crippen LogP contribution in [0.4, 0.5) is 16.0 Å². The number of rotatable bonds is 6. The molecule has 0 saturated heterocycles. The molecule has 1 N–H and O–H groups in total. The molecule has 6 nitrogen and oxygen atoms in total. The molecule has 0 saturated carbocycles. The van der Waals surface area contributed by atoms with Crippen LogP contribution in [0.1, 0.15) is 28.8 Å². The van der Waals surface area contributed by atoms with E-state index >= 15 is 0 Å². The van der Waals surface area contributed by atoms with Crippen molar-refractivity contribution in [1.29, 1.82) is 0 Å². The molecule has 0 unspecified atom stereocenters. The zero-order valence-corrected chi connectivity index (χ0v) is 17.8. The first-order valence-electron chi connectivity index (χ1n) is 10.3. The van der Waals surface area contributed by atoms with Crippen LogP contribution in [-0.4, -0.2) is 19.3 Å². The molecule has 0 bridgehead atoms. The van der Waals surface area contributed by atoms with Gasteiger partial charge in [0.15, 0.2) is 0 Å². The van der Waals surface area contributed by atoms with Crippen molar-refractivity contribution >= 4 is 33.2 Å². The molecule has 158 valence electrons. The first-order chi connectivity index (χ1) is 15.1. The first-order valence-corrected chi connectivity index (χ1v) is 11.1. The van der Waals surface area contributed by atoms with E-state index in [1.807, 2.05) is 0 Å². The van der Waals surface area contributed by atoms with Gasteiger partial charge in [0.05, 0.1) is 23.8 Å². The van der Waals surface area contributed by atoms with E-state index in [-0.39, 0.29) is 11.4 Å². The van der Waals surface area contributed by atoms with Crippen LogP contribution in [0.25, 0.3) is 10.2 Å². The van der Waals surface area contributed by atoms with E-state index in [9.17, 15) is 9.18 Å². The molecule has 0 atom stereocenters. The number of hydrogen-bond donors (Lipinski definition) is 1. The van der Waals surface area contributed by atoms with Crippen LogP contribution in [-0.2, 0) is 25.9 Å². The third kappa shape index (κ3) is 3.67. The molecule has 4 aromatic rings. The van der Waals surface area contributed by atoms with Crippen molar-refractivity contribution in [1.82, 2.24) is 19.3 Å². The van der Waals surface area contributed by atoms with Crippen molar-refractivity contribution in [3.63, 3.8) is 0 Å². The zero-order chi connectivity index (χ0) is 21.4. The average molecular weight is 436 g/mol. The van der Waals surface area contributed by atoms with E-state index in [1.54, 1.807) is 57.3 Å². The number of allylic oxidation sites excluding steroid dienone is 1. The largest absolute Gasteiger partial charge is 0.323 e. The van der Waals surface area contributed by atoms with Crippen LogP contribution in [0.5, 0.6) is 0 Å². The molecule has 8 heteroatoms. The van der Waals surface area contributed by atoms with E-state index in [4.69, 9.17) is 4.98 Å². The molecule has 0 fully saturated rings. The van der Waals surface area contributed by atoms with Crippen molar-refractivity contribution in [3.05, 3.63) is 81.5 Å². The van der Waals surface area contributed by atoms with Crippen LogP contribution in [0.15, 0.2) is 54.1 Å². The third-order valence-corrected chi connectivity index (χ3v) is 6.75. The van der Waals surface area contributed by atoms with Crippen molar-refractivity contribution in [2.24, 2.45) is 0 Å². The standard InChI is InChI=1S/C23H22FN5OS/c1-2-11-29-22(30)20-17-8-4-6-10-19(17)31-21(20)27-23(29)26-16-12-25-28(14-16)13-15-7-3-5-9-18(15)24/h2-3,5,7,9,12,14H,1,4,6,8,10-11,13H2,(H,26,27). The Labute approximate surface area is 182 Å². The van der Waals surface area contributed by atoms with Crippen LogP contribution in [0, 0.1) is 5.82 Å². The number of benzene rings is 1. The van der Waals surface area contributed by atoms with E-state index in [0.717, 1.165) is 35.9 Å². The lowest BCUT2D eigenvalue weighted by molar-refractivity contribution is 0.585. The maximum atomic E-state index is 13.9. The smallest absolute Gasteiger partial charge is 0.264 e. The van der Waals surface area contributed by atoms with Crippen LogP contribution < -0.4 is 10.9 Å². The molecule has 0 spiro atoms. The Morgan fingerprint density at radius 3 is 2.94 bits per heavy atom. The van der Waals surface area contributed by atoms with Gasteiger partial charge in [-0.2, -0.15) is 5.10 Å². The van der Waals surface area contributed by atoms with E-state index in [2.05, 4.69) is 17.0 Å². The van der Waals surface area contributed by atoms with Gasteiger partial charge in [-0.1, -0.05) is 24.3 Å². The minimum absolute atomic E-state index is 0.0365. The number of nitrogens with one attached hydrogen (secondary N) is 1. The second kappa shape index (κ2) is 8.11. The topological polar surface area (TPSA) is 64.7 Å².